The normalized spacial score (nSPS) is 14.2. The molecule has 0 aliphatic carbocycles. The largest absolute Gasteiger partial charge is 0.467 e. The summed E-state index contributed by atoms with van der Waals surface area (Å²) in [4.78, 5) is 39.5. The number of allylic oxidation sites excluding steroid dienone is 1. The van der Waals surface area contributed by atoms with Crippen LogP contribution in [0.4, 0.5) is 0 Å². The van der Waals surface area contributed by atoms with Gasteiger partial charge in [-0.3, -0.25) is 14.5 Å². The van der Waals surface area contributed by atoms with Crippen LogP contribution >= 0.6 is 0 Å². The average molecular weight is 388 g/mol. The maximum Gasteiger partial charge on any atom is 0.329 e. The summed E-state index contributed by atoms with van der Waals surface area (Å²) in [6.45, 7) is 4.40. The van der Waals surface area contributed by atoms with Crippen molar-refractivity contribution >= 4 is 28.7 Å². The molecule has 0 saturated carbocycles. The van der Waals surface area contributed by atoms with E-state index < -0.39 is 23.8 Å². The summed E-state index contributed by atoms with van der Waals surface area (Å²) in [5.74, 6) is -1.58. The molecule has 0 N–H and O–H groups in total. The van der Waals surface area contributed by atoms with E-state index in [9.17, 15) is 14.4 Å². The van der Waals surface area contributed by atoms with Crippen LogP contribution in [-0.4, -0.2) is 40.4 Å². The molecule has 1 atom stereocenters. The van der Waals surface area contributed by atoms with Gasteiger partial charge in [-0.2, -0.15) is 0 Å². The predicted molar refractivity (Wildman–Crippen MR) is 109 cm³/mol. The zero-order valence-corrected chi connectivity index (χ0v) is 16.0. The number of aromatic nitrogens is 1. The first kappa shape index (κ1) is 18.7. The average Bonchev–Trinajstić information content (AvgIpc) is 3.22. The first-order valence-electron chi connectivity index (χ1n) is 9.29. The summed E-state index contributed by atoms with van der Waals surface area (Å²) in [6.07, 6.45) is 3.89. The molecule has 1 aliphatic heterocycles. The monoisotopic (exact) mass is 388 g/mol. The number of carbonyl (C=O) groups is 3. The molecule has 2 heterocycles. The second-order valence-electron chi connectivity index (χ2n) is 6.88. The van der Waals surface area contributed by atoms with Crippen molar-refractivity contribution in [1.29, 1.82) is 0 Å². The van der Waals surface area contributed by atoms with Gasteiger partial charge in [0.25, 0.3) is 11.8 Å². The molecule has 6 heteroatoms. The Morgan fingerprint density at radius 1 is 1.07 bits per heavy atom. The van der Waals surface area contributed by atoms with Gasteiger partial charge in [0, 0.05) is 30.1 Å². The number of methoxy groups -OCH3 is 1. The van der Waals surface area contributed by atoms with Crippen molar-refractivity contribution in [3.05, 3.63) is 84.1 Å². The quantitative estimate of drug-likeness (QED) is 0.369. The number of hydrogen-bond acceptors (Lipinski definition) is 4. The summed E-state index contributed by atoms with van der Waals surface area (Å²) in [7, 11) is 1.26. The van der Waals surface area contributed by atoms with E-state index in [0.29, 0.717) is 17.7 Å². The number of rotatable bonds is 6. The van der Waals surface area contributed by atoms with Crippen LogP contribution in [0.1, 0.15) is 26.3 Å². The van der Waals surface area contributed by atoms with E-state index in [1.807, 2.05) is 35.0 Å². The number of imide groups is 1. The fourth-order valence-electron chi connectivity index (χ4n) is 3.89. The van der Waals surface area contributed by atoms with Crippen LogP contribution in [-0.2, 0) is 22.5 Å². The third-order valence-electron chi connectivity index (χ3n) is 5.22. The van der Waals surface area contributed by atoms with Gasteiger partial charge in [0.05, 0.1) is 18.2 Å². The van der Waals surface area contributed by atoms with E-state index >= 15 is 0 Å². The van der Waals surface area contributed by atoms with E-state index in [1.54, 1.807) is 30.3 Å². The molecule has 0 saturated heterocycles. The fraction of sp³-hybridized carbons (Fsp3) is 0.174. The van der Waals surface area contributed by atoms with Gasteiger partial charge >= 0.3 is 5.97 Å². The number of para-hydroxylation sites is 1. The molecule has 29 heavy (non-hydrogen) atoms. The number of hydrogen-bond donors (Lipinski definition) is 0. The van der Waals surface area contributed by atoms with Crippen molar-refractivity contribution < 1.29 is 19.1 Å². The third-order valence-corrected chi connectivity index (χ3v) is 5.22. The summed E-state index contributed by atoms with van der Waals surface area (Å²) < 4.78 is 6.97. The van der Waals surface area contributed by atoms with Gasteiger partial charge in [-0.25, -0.2) is 4.79 Å². The predicted octanol–water partition coefficient (Wildman–Crippen LogP) is 3.21. The highest BCUT2D eigenvalue weighted by molar-refractivity contribution is 6.22. The Hall–Kier alpha value is -3.67. The van der Waals surface area contributed by atoms with Gasteiger partial charge < -0.3 is 9.30 Å². The third kappa shape index (κ3) is 3.02. The lowest BCUT2D eigenvalue weighted by Crippen LogP contribution is -2.46. The Morgan fingerprint density at radius 2 is 1.69 bits per heavy atom. The molecule has 2 amide bonds. The molecular weight excluding hydrogens is 368 g/mol. The highest BCUT2D eigenvalue weighted by Crippen LogP contribution is 2.29. The number of nitrogens with zero attached hydrogens (tertiary/aromatic N) is 2. The smallest absolute Gasteiger partial charge is 0.329 e. The van der Waals surface area contributed by atoms with Gasteiger partial charge in [0.2, 0.25) is 0 Å². The maximum absolute atomic E-state index is 12.9. The lowest BCUT2D eigenvalue weighted by Gasteiger charge is -2.23. The summed E-state index contributed by atoms with van der Waals surface area (Å²) >= 11 is 0. The van der Waals surface area contributed by atoms with Crippen molar-refractivity contribution in [1.82, 2.24) is 9.47 Å². The molecule has 0 unspecified atom stereocenters. The summed E-state index contributed by atoms with van der Waals surface area (Å²) in [6, 6.07) is 13.3. The van der Waals surface area contributed by atoms with Gasteiger partial charge in [-0.15, -0.1) is 6.58 Å². The first-order chi connectivity index (χ1) is 14.1. The molecule has 1 aromatic heterocycles. The standard InChI is InChI=1S/C23H20N2O4/c1-3-12-24-14-15(16-8-6-7-11-19(16)24)13-20(23(28)29-2)25-21(26)17-9-4-5-10-18(17)22(25)27/h3-11,14,20H,1,12-13H2,2H3/t20-/m0/s1. The Balaban J connectivity index is 1.76. The number of esters is 1. The number of ether oxygens (including phenoxy) is 1. The number of amides is 2. The van der Waals surface area contributed by atoms with Crippen molar-refractivity contribution in [2.75, 3.05) is 7.11 Å². The van der Waals surface area contributed by atoms with Gasteiger partial charge in [-0.1, -0.05) is 36.4 Å². The lowest BCUT2D eigenvalue weighted by atomic mass is 10.0. The van der Waals surface area contributed by atoms with E-state index in [4.69, 9.17) is 4.74 Å². The van der Waals surface area contributed by atoms with Crippen molar-refractivity contribution in [3.63, 3.8) is 0 Å². The molecule has 6 nitrogen and oxygen atoms in total. The van der Waals surface area contributed by atoms with Crippen LogP contribution < -0.4 is 0 Å². The minimum absolute atomic E-state index is 0.169. The molecule has 0 radical (unpaired) electrons. The zero-order valence-electron chi connectivity index (χ0n) is 16.0. The van der Waals surface area contributed by atoms with E-state index in [2.05, 4.69) is 6.58 Å². The molecule has 1 aliphatic rings. The highest BCUT2D eigenvalue weighted by Gasteiger charge is 2.43. The van der Waals surface area contributed by atoms with Crippen LogP contribution in [0.3, 0.4) is 0 Å². The zero-order chi connectivity index (χ0) is 20.5. The number of benzene rings is 2. The number of carbonyl (C=O) groups excluding carboxylic acids is 3. The van der Waals surface area contributed by atoms with Gasteiger partial charge in [0.15, 0.2) is 0 Å². The lowest BCUT2D eigenvalue weighted by molar-refractivity contribution is -0.145. The van der Waals surface area contributed by atoms with E-state index in [1.165, 1.54) is 7.11 Å². The molecule has 0 fully saturated rings. The van der Waals surface area contributed by atoms with Crippen molar-refractivity contribution in [3.8, 4) is 0 Å². The Bertz CT molecular complexity index is 1110. The van der Waals surface area contributed by atoms with E-state index in [-0.39, 0.29) is 6.42 Å². The molecule has 3 aromatic rings. The second kappa shape index (κ2) is 7.39. The van der Waals surface area contributed by atoms with Crippen LogP contribution in [0.15, 0.2) is 67.4 Å². The SMILES string of the molecule is C=CCn1cc(C[C@@H](C(=O)OC)N2C(=O)c3ccccc3C2=O)c2ccccc21. The van der Waals surface area contributed by atoms with Gasteiger partial charge in [-0.05, 0) is 23.8 Å². The molecule has 4 rings (SSSR count). The van der Waals surface area contributed by atoms with Crippen molar-refractivity contribution in [2.45, 2.75) is 19.0 Å². The Kier molecular flexibility index (Phi) is 4.76. The minimum Gasteiger partial charge on any atom is -0.467 e. The Morgan fingerprint density at radius 3 is 2.31 bits per heavy atom. The van der Waals surface area contributed by atoms with Crippen LogP contribution in [0, 0.1) is 0 Å². The molecule has 2 aromatic carbocycles. The summed E-state index contributed by atoms with van der Waals surface area (Å²) in [5.41, 5.74) is 2.46. The molecule has 146 valence electrons. The summed E-state index contributed by atoms with van der Waals surface area (Å²) in [5, 5.41) is 0.958. The Labute approximate surface area is 168 Å². The first-order valence-corrected chi connectivity index (χ1v) is 9.29. The maximum atomic E-state index is 12.9. The van der Waals surface area contributed by atoms with E-state index in [0.717, 1.165) is 21.4 Å². The van der Waals surface area contributed by atoms with Crippen molar-refractivity contribution in [2.24, 2.45) is 0 Å². The topological polar surface area (TPSA) is 68.6 Å². The second-order valence-corrected chi connectivity index (χ2v) is 6.88. The van der Waals surface area contributed by atoms with Crippen LogP contribution in [0.2, 0.25) is 0 Å². The van der Waals surface area contributed by atoms with Gasteiger partial charge in [0.1, 0.15) is 6.04 Å². The molecule has 0 spiro atoms. The van der Waals surface area contributed by atoms with Crippen LogP contribution in [0.25, 0.3) is 10.9 Å². The van der Waals surface area contributed by atoms with Crippen LogP contribution in [0.5, 0.6) is 0 Å². The fourth-order valence-corrected chi connectivity index (χ4v) is 3.89. The number of fused-ring (bicyclic) bond motifs is 2. The highest BCUT2D eigenvalue weighted by atomic mass is 16.5. The molecular formula is C23H20N2O4. The molecule has 0 bridgehead atoms. The minimum atomic E-state index is -1.05.